The lowest BCUT2D eigenvalue weighted by Gasteiger charge is -2.40. The lowest BCUT2D eigenvalue weighted by molar-refractivity contribution is 0.0773. The first-order chi connectivity index (χ1) is 16.6. The summed E-state index contributed by atoms with van der Waals surface area (Å²) in [5.74, 6) is 0.336. The number of aromatic hydroxyl groups is 1. The summed E-state index contributed by atoms with van der Waals surface area (Å²) in [5.41, 5.74) is 4.18. The molecule has 1 fully saturated rings. The monoisotopic (exact) mass is 477 g/mol. The molecule has 1 saturated heterocycles. The van der Waals surface area contributed by atoms with Gasteiger partial charge in [0.2, 0.25) is 0 Å². The van der Waals surface area contributed by atoms with Crippen LogP contribution in [0.3, 0.4) is 0 Å². The Hall–Kier alpha value is -2.83. The minimum absolute atomic E-state index is 0.0689. The van der Waals surface area contributed by atoms with Gasteiger partial charge in [-0.1, -0.05) is 6.07 Å². The number of likely N-dealkylation sites (tertiary alicyclic amines) is 1. The summed E-state index contributed by atoms with van der Waals surface area (Å²) in [7, 11) is 0. The van der Waals surface area contributed by atoms with E-state index in [1.165, 1.54) is 5.56 Å². The van der Waals surface area contributed by atoms with Crippen molar-refractivity contribution in [3.05, 3.63) is 76.5 Å². The second-order valence-corrected chi connectivity index (χ2v) is 9.65. The van der Waals surface area contributed by atoms with E-state index in [1.54, 1.807) is 17.4 Å². The van der Waals surface area contributed by atoms with Gasteiger partial charge in [-0.2, -0.15) is 11.3 Å². The molecule has 0 atom stereocenters. The van der Waals surface area contributed by atoms with E-state index in [0.717, 1.165) is 50.3 Å². The molecule has 2 heterocycles. The van der Waals surface area contributed by atoms with Gasteiger partial charge in [-0.3, -0.25) is 4.79 Å². The van der Waals surface area contributed by atoms with Gasteiger partial charge in [-0.25, -0.2) is 0 Å². The zero-order valence-electron chi connectivity index (χ0n) is 20.2. The van der Waals surface area contributed by atoms with Crippen molar-refractivity contribution in [2.75, 3.05) is 37.6 Å². The van der Waals surface area contributed by atoms with Crippen molar-refractivity contribution in [1.82, 2.24) is 9.80 Å². The van der Waals surface area contributed by atoms with Crippen molar-refractivity contribution in [2.45, 2.75) is 39.2 Å². The van der Waals surface area contributed by atoms with Gasteiger partial charge in [0, 0.05) is 61.8 Å². The molecule has 3 aromatic rings. The van der Waals surface area contributed by atoms with Crippen molar-refractivity contribution < 1.29 is 9.90 Å². The van der Waals surface area contributed by atoms with Gasteiger partial charge in [-0.05, 0) is 91.9 Å². The predicted octanol–water partition coefficient (Wildman–Crippen LogP) is 5.78. The zero-order chi connectivity index (χ0) is 23.9. The molecular weight excluding hydrogens is 442 g/mol. The van der Waals surface area contributed by atoms with Crippen LogP contribution in [0.5, 0.6) is 5.75 Å². The van der Waals surface area contributed by atoms with Crippen molar-refractivity contribution >= 4 is 28.6 Å². The van der Waals surface area contributed by atoms with Crippen molar-refractivity contribution in [1.29, 1.82) is 0 Å². The summed E-state index contributed by atoms with van der Waals surface area (Å²) in [6.45, 7) is 8.64. The number of rotatable bonds is 9. The van der Waals surface area contributed by atoms with Crippen LogP contribution in [0.1, 0.15) is 42.6 Å². The summed E-state index contributed by atoms with van der Waals surface area (Å²) >= 11 is 1.76. The van der Waals surface area contributed by atoms with E-state index in [4.69, 9.17) is 0 Å². The Balaban J connectivity index is 1.50. The number of phenolic OH excluding ortho intramolecular Hbond substituents is 1. The Morgan fingerprint density at radius 2 is 1.76 bits per heavy atom. The largest absolute Gasteiger partial charge is 0.508 e. The molecule has 1 N–H and O–H groups in total. The Kier molecular flexibility index (Phi) is 8.25. The molecule has 0 radical (unpaired) electrons. The number of piperidine rings is 1. The normalized spacial score (nSPS) is 14.8. The third kappa shape index (κ3) is 5.80. The van der Waals surface area contributed by atoms with Crippen LogP contribution in [0.15, 0.2) is 65.4 Å². The third-order valence-electron chi connectivity index (χ3n) is 6.77. The highest BCUT2D eigenvalue weighted by Crippen LogP contribution is 2.34. The number of carbonyl (C=O) groups excluding carboxylic acids is 1. The van der Waals surface area contributed by atoms with Gasteiger partial charge in [0.1, 0.15) is 5.75 Å². The Morgan fingerprint density at radius 3 is 2.38 bits per heavy atom. The van der Waals surface area contributed by atoms with E-state index in [-0.39, 0.29) is 11.7 Å². The van der Waals surface area contributed by atoms with Crippen molar-refractivity contribution in [2.24, 2.45) is 0 Å². The number of amides is 1. The second-order valence-electron chi connectivity index (χ2n) is 8.87. The third-order valence-corrected chi connectivity index (χ3v) is 7.50. The van der Waals surface area contributed by atoms with Crippen LogP contribution >= 0.6 is 11.3 Å². The number of nitrogens with zero attached hydrogens (tertiary/aromatic N) is 3. The standard InChI is InChI=1S/C28H35N3O2S/c1-3-30(4-2)28(33)23-8-10-24(11-9-23)31(26-6-5-7-27(32)20-26)25-13-17-29(18-14-25)16-12-22-15-19-34-21-22/h5-11,15,19-21,25,32H,3-4,12-14,16-18H2,1-2H3. The first-order valence-electron chi connectivity index (χ1n) is 12.3. The van der Waals surface area contributed by atoms with E-state index in [1.807, 2.05) is 55.1 Å². The molecule has 0 saturated carbocycles. The molecule has 0 spiro atoms. The van der Waals surface area contributed by atoms with Gasteiger partial charge in [-0.15, -0.1) is 0 Å². The zero-order valence-corrected chi connectivity index (χ0v) is 21.0. The molecule has 0 unspecified atom stereocenters. The minimum atomic E-state index is 0.0689. The average molecular weight is 478 g/mol. The highest BCUT2D eigenvalue weighted by atomic mass is 32.1. The van der Waals surface area contributed by atoms with Gasteiger partial charge in [0.25, 0.3) is 5.91 Å². The van der Waals surface area contributed by atoms with E-state index >= 15 is 0 Å². The lowest BCUT2D eigenvalue weighted by Crippen LogP contribution is -2.43. The number of anilines is 2. The fourth-order valence-electron chi connectivity index (χ4n) is 4.79. The molecule has 4 rings (SSSR count). The fourth-order valence-corrected chi connectivity index (χ4v) is 5.50. The molecule has 6 heteroatoms. The van der Waals surface area contributed by atoms with Gasteiger partial charge in [0.15, 0.2) is 0 Å². The van der Waals surface area contributed by atoms with Gasteiger partial charge >= 0.3 is 0 Å². The molecule has 34 heavy (non-hydrogen) atoms. The second kappa shape index (κ2) is 11.5. The summed E-state index contributed by atoms with van der Waals surface area (Å²) in [6.07, 6.45) is 3.21. The van der Waals surface area contributed by atoms with Gasteiger partial charge in [0.05, 0.1) is 0 Å². The summed E-state index contributed by atoms with van der Waals surface area (Å²) in [4.78, 5) is 19.5. The number of hydrogen-bond acceptors (Lipinski definition) is 5. The van der Waals surface area contributed by atoms with Gasteiger partial charge < -0.3 is 19.8 Å². The molecule has 2 aromatic carbocycles. The molecule has 1 aliphatic rings. The SMILES string of the molecule is CCN(CC)C(=O)c1ccc(N(c2cccc(O)c2)C2CCN(CCc3ccsc3)CC2)cc1. The maximum absolute atomic E-state index is 12.8. The Bertz CT molecular complexity index is 1040. The summed E-state index contributed by atoms with van der Waals surface area (Å²) in [6, 6.07) is 18.0. The molecule has 180 valence electrons. The molecule has 0 bridgehead atoms. The van der Waals surface area contributed by atoms with E-state index in [2.05, 4.69) is 32.7 Å². The van der Waals surface area contributed by atoms with Crippen molar-refractivity contribution in [3.63, 3.8) is 0 Å². The predicted molar refractivity (Wildman–Crippen MR) is 141 cm³/mol. The van der Waals surface area contributed by atoms with Crippen LogP contribution in [0, 0.1) is 0 Å². The average Bonchev–Trinajstić information content (AvgIpc) is 3.39. The van der Waals surface area contributed by atoms with Crippen molar-refractivity contribution in [3.8, 4) is 5.75 Å². The van der Waals surface area contributed by atoms with Crippen LogP contribution < -0.4 is 4.90 Å². The number of carbonyl (C=O) groups is 1. The number of benzene rings is 2. The highest BCUT2D eigenvalue weighted by Gasteiger charge is 2.26. The maximum Gasteiger partial charge on any atom is 0.253 e. The highest BCUT2D eigenvalue weighted by molar-refractivity contribution is 7.07. The number of phenols is 1. The summed E-state index contributed by atoms with van der Waals surface area (Å²) in [5, 5.41) is 14.5. The van der Waals surface area contributed by atoms with Crippen LogP contribution in [-0.4, -0.2) is 59.6 Å². The number of thiophene rings is 1. The quantitative estimate of drug-likeness (QED) is 0.424. The fraction of sp³-hybridized carbons (Fsp3) is 0.393. The Labute approximate surface area is 207 Å². The summed E-state index contributed by atoms with van der Waals surface area (Å²) < 4.78 is 0. The molecule has 5 nitrogen and oxygen atoms in total. The topological polar surface area (TPSA) is 47.0 Å². The first kappa shape index (κ1) is 24.3. The van der Waals surface area contributed by atoms with Crippen LogP contribution in [0.2, 0.25) is 0 Å². The maximum atomic E-state index is 12.8. The minimum Gasteiger partial charge on any atom is -0.508 e. The van der Waals surface area contributed by atoms with E-state index in [0.29, 0.717) is 24.7 Å². The molecule has 0 aliphatic carbocycles. The van der Waals surface area contributed by atoms with E-state index < -0.39 is 0 Å². The smallest absolute Gasteiger partial charge is 0.253 e. The molecular formula is C28H35N3O2S. The number of hydrogen-bond donors (Lipinski definition) is 1. The lowest BCUT2D eigenvalue weighted by atomic mass is 10.00. The van der Waals surface area contributed by atoms with Crippen LogP contribution in [-0.2, 0) is 6.42 Å². The Morgan fingerprint density at radius 1 is 1.03 bits per heavy atom. The van der Waals surface area contributed by atoms with Crippen LogP contribution in [0.25, 0.3) is 0 Å². The first-order valence-corrected chi connectivity index (χ1v) is 13.2. The van der Waals surface area contributed by atoms with Crippen LogP contribution in [0.4, 0.5) is 11.4 Å². The molecule has 1 aromatic heterocycles. The molecule has 1 aliphatic heterocycles. The van der Waals surface area contributed by atoms with E-state index in [9.17, 15) is 9.90 Å². The molecule has 1 amide bonds.